The third-order valence-electron chi connectivity index (χ3n) is 2.88. The van der Waals surface area contributed by atoms with Gasteiger partial charge in [0.1, 0.15) is 0 Å². The van der Waals surface area contributed by atoms with Crippen LogP contribution in [0, 0.1) is 0 Å². The molecule has 18 heavy (non-hydrogen) atoms. The van der Waals surface area contributed by atoms with E-state index in [0.29, 0.717) is 0 Å². The summed E-state index contributed by atoms with van der Waals surface area (Å²) in [5.74, 6) is -2.13. The molecule has 1 rings (SSSR count). The fraction of sp³-hybridized carbons (Fsp3) is 1.00. The van der Waals surface area contributed by atoms with Crippen LogP contribution in [0.25, 0.3) is 0 Å². The standard InChI is InChI=1S/C10H21AsO7/c1-11(2,17)4-7-8(14)9(15)10(16,18-7)3-6(13)5-12/h6-9,12-16H,3-5H2,1-2H3/t6?,7-,8-,9-,10-/m1/s1. The van der Waals surface area contributed by atoms with E-state index >= 15 is 0 Å². The molecule has 5 atom stereocenters. The molecule has 7 nitrogen and oxygen atoms in total. The van der Waals surface area contributed by atoms with Crippen molar-refractivity contribution in [3.8, 4) is 0 Å². The van der Waals surface area contributed by atoms with Crippen molar-refractivity contribution in [2.45, 2.75) is 53.3 Å². The van der Waals surface area contributed by atoms with E-state index in [1.807, 2.05) is 0 Å². The number of aliphatic hydroxyl groups is 5. The van der Waals surface area contributed by atoms with Gasteiger partial charge in [-0.05, 0) is 0 Å². The Balaban J connectivity index is 2.77. The average Bonchev–Trinajstić information content (AvgIpc) is 2.41. The predicted molar refractivity (Wildman–Crippen MR) is 62.5 cm³/mol. The summed E-state index contributed by atoms with van der Waals surface area (Å²) in [6, 6.07) is 0. The summed E-state index contributed by atoms with van der Waals surface area (Å²) in [5, 5.41) is 47.6. The van der Waals surface area contributed by atoms with Gasteiger partial charge < -0.3 is 0 Å². The normalized spacial score (nSPS) is 38.9. The Bertz CT molecular complexity index is 330. The summed E-state index contributed by atoms with van der Waals surface area (Å²) >= 11 is -3.10. The van der Waals surface area contributed by atoms with Crippen LogP contribution in [0.2, 0.25) is 16.6 Å². The van der Waals surface area contributed by atoms with Crippen LogP contribution in [-0.2, 0) is 8.48 Å². The van der Waals surface area contributed by atoms with Gasteiger partial charge in [-0.2, -0.15) is 0 Å². The van der Waals surface area contributed by atoms with Crippen molar-refractivity contribution in [1.29, 1.82) is 0 Å². The third-order valence-corrected chi connectivity index (χ3v) is 5.48. The summed E-state index contributed by atoms with van der Waals surface area (Å²) < 4.78 is 16.9. The number of hydrogen-bond donors (Lipinski definition) is 5. The summed E-state index contributed by atoms with van der Waals surface area (Å²) in [6.07, 6.45) is -5.60. The van der Waals surface area contributed by atoms with Crippen molar-refractivity contribution in [2.24, 2.45) is 0 Å². The first-order valence-electron chi connectivity index (χ1n) is 5.68. The monoisotopic (exact) mass is 328 g/mol. The molecule has 1 heterocycles. The van der Waals surface area contributed by atoms with Gasteiger partial charge in [0.05, 0.1) is 0 Å². The fourth-order valence-corrected chi connectivity index (χ4v) is 4.45. The van der Waals surface area contributed by atoms with E-state index < -0.39 is 56.7 Å². The quantitative estimate of drug-likeness (QED) is 0.376. The summed E-state index contributed by atoms with van der Waals surface area (Å²) in [6.45, 7) is -0.594. The van der Waals surface area contributed by atoms with E-state index in [-0.39, 0.29) is 5.21 Å². The van der Waals surface area contributed by atoms with Crippen molar-refractivity contribution in [3.05, 3.63) is 0 Å². The maximum absolute atomic E-state index is 11.7. The Hall–Kier alpha value is 0.118. The molecule has 0 aromatic rings. The van der Waals surface area contributed by atoms with Crippen LogP contribution in [-0.4, -0.2) is 75.8 Å². The molecule has 1 fully saturated rings. The van der Waals surface area contributed by atoms with E-state index in [9.17, 15) is 24.2 Å². The van der Waals surface area contributed by atoms with Gasteiger partial charge in [0, 0.05) is 0 Å². The van der Waals surface area contributed by atoms with Crippen LogP contribution in [0.4, 0.5) is 0 Å². The number of rotatable bonds is 5. The molecule has 1 aliphatic rings. The second-order valence-electron chi connectivity index (χ2n) is 5.23. The number of aliphatic hydroxyl groups excluding tert-OH is 4. The van der Waals surface area contributed by atoms with Crippen molar-refractivity contribution >= 4 is 13.5 Å². The first-order valence-corrected chi connectivity index (χ1v) is 11.5. The minimum absolute atomic E-state index is 0.0774. The van der Waals surface area contributed by atoms with E-state index in [0.717, 1.165) is 0 Å². The van der Waals surface area contributed by atoms with Gasteiger partial charge in [0.15, 0.2) is 0 Å². The van der Waals surface area contributed by atoms with Gasteiger partial charge in [-0.3, -0.25) is 0 Å². The van der Waals surface area contributed by atoms with Crippen molar-refractivity contribution in [1.82, 2.24) is 0 Å². The maximum atomic E-state index is 11.7. The van der Waals surface area contributed by atoms with Crippen LogP contribution in [0.3, 0.4) is 0 Å². The summed E-state index contributed by atoms with van der Waals surface area (Å²) in [4.78, 5) is 0. The van der Waals surface area contributed by atoms with Gasteiger partial charge >= 0.3 is 107 Å². The van der Waals surface area contributed by atoms with Crippen LogP contribution in [0.15, 0.2) is 0 Å². The van der Waals surface area contributed by atoms with Gasteiger partial charge in [-0.1, -0.05) is 0 Å². The molecule has 5 N–H and O–H groups in total. The molecule has 1 aliphatic heterocycles. The third kappa shape index (κ3) is 3.80. The first kappa shape index (κ1) is 16.2. The SMILES string of the molecule is C[As](C)(=O)C[C@H]1O[C@](O)(CC(O)CO)[C@H](O)[C@@H]1O. The summed E-state index contributed by atoms with van der Waals surface area (Å²) in [7, 11) is 0. The second-order valence-corrected chi connectivity index (χ2v) is 12.6. The molecule has 0 aromatic carbocycles. The topological polar surface area (TPSA) is 127 Å². The van der Waals surface area contributed by atoms with Crippen LogP contribution >= 0.6 is 0 Å². The average molecular weight is 328 g/mol. The van der Waals surface area contributed by atoms with Crippen molar-refractivity contribution < 1.29 is 34.0 Å². The Morgan fingerprint density at radius 2 is 1.94 bits per heavy atom. The molecule has 0 bridgehead atoms. The predicted octanol–water partition coefficient (Wildman–Crippen LogP) is -1.83. The Morgan fingerprint density at radius 1 is 1.39 bits per heavy atom. The molecule has 0 saturated carbocycles. The molecule has 1 saturated heterocycles. The molecule has 0 radical (unpaired) electrons. The van der Waals surface area contributed by atoms with Gasteiger partial charge in [0.25, 0.3) is 0 Å². The molecule has 0 aliphatic carbocycles. The molecular formula is C10H21AsO7. The molecular weight excluding hydrogens is 307 g/mol. The molecule has 0 amide bonds. The van der Waals surface area contributed by atoms with Crippen molar-refractivity contribution in [2.75, 3.05) is 6.61 Å². The van der Waals surface area contributed by atoms with Crippen LogP contribution < -0.4 is 0 Å². The zero-order chi connectivity index (χ0) is 14.1. The Kier molecular flexibility index (Phi) is 5.05. The van der Waals surface area contributed by atoms with Gasteiger partial charge in [-0.25, -0.2) is 0 Å². The molecule has 108 valence electrons. The van der Waals surface area contributed by atoms with E-state index in [1.165, 1.54) is 0 Å². The fourth-order valence-electron chi connectivity index (χ4n) is 2.02. The second kappa shape index (κ2) is 5.63. The molecule has 1 unspecified atom stereocenters. The van der Waals surface area contributed by atoms with E-state index in [1.54, 1.807) is 11.4 Å². The van der Waals surface area contributed by atoms with E-state index in [2.05, 4.69) is 0 Å². The zero-order valence-corrected chi connectivity index (χ0v) is 12.3. The van der Waals surface area contributed by atoms with Gasteiger partial charge in [-0.15, -0.1) is 0 Å². The number of ether oxygens (including phenoxy) is 1. The van der Waals surface area contributed by atoms with Crippen LogP contribution in [0.5, 0.6) is 0 Å². The Labute approximate surface area is 108 Å². The Morgan fingerprint density at radius 3 is 2.39 bits per heavy atom. The first-order chi connectivity index (χ1) is 8.09. The van der Waals surface area contributed by atoms with Gasteiger partial charge in [0.2, 0.25) is 0 Å². The van der Waals surface area contributed by atoms with E-state index in [4.69, 9.17) is 9.84 Å². The zero-order valence-electron chi connectivity index (χ0n) is 10.4. The molecule has 0 aromatic heterocycles. The summed E-state index contributed by atoms with van der Waals surface area (Å²) in [5.41, 5.74) is 3.14. The number of hydrogen-bond acceptors (Lipinski definition) is 7. The minimum atomic E-state index is -3.10. The molecule has 8 heteroatoms. The molecule has 0 spiro atoms. The van der Waals surface area contributed by atoms with Crippen molar-refractivity contribution in [3.63, 3.8) is 0 Å². The van der Waals surface area contributed by atoms with Crippen LogP contribution in [0.1, 0.15) is 6.42 Å².